The molecule has 0 bridgehead atoms. The third-order valence-corrected chi connectivity index (χ3v) is 5.85. The topological polar surface area (TPSA) is 59.1 Å². The van der Waals surface area contributed by atoms with Crippen LogP contribution >= 0.6 is 0 Å². The number of nitrogens with one attached hydrogen (secondary N) is 1. The summed E-state index contributed by atoms with van der Waals surface area (Å²) in [6, 6.07) is 11.8. The van der Waals surface area contributed by atoms with Crippen molar-refractivity contribution in [3.63, 3.8) is 0 Å². The zero-order valence-electron chi connectivity index (χ0n) is 10.5. The molecule has 1 aliphatic rings. The van der Waals surface area contributed by atoms with E-state index in [0.717, 1.165) is 29.6 Å². The summed E-state index contributed by atoms with van der Waals surface area (Å²) in [5, 5.41) is 3.97. The molecule has 100 valence electrons. The molecule has 2 aromatic rings. The van der Waals surface area contributed by atoms with Crippen molar-refractivity contribution in [1.29, 1.82) is 0 Å². The summed E-state index contributed by atoms with van der Waals surface area (Å²) in [6.45, 7) is 0.452. The van der Waals surface area contributed by atoms with Gasteiger partial charge < -0.3 is 5.32 Å². The molecule has 19 heavy (non-hydrogen) atoms. The van der Waals surface area contributed by atoms with Gasteiger partial charge in [0, 0.05) is 11.9 Å². The Bertz CT molecular complexity index is 697. The van der Waals surface area contributed by atoms with E-state index in [1.54, 1.807) is 0 Å². The summed E-state index contributed by atoms with van der Waals surface area (Å²) in [5.41, 5.74) is 0.918. The Morgan fingerprint density at radius 1 is 1.21 bits per heavy atom. The molecule has 0 amide bonds. The van der Waals surface area contributed by atoms with Crippen molar-refractivity contribution < 1.29 is 8.42 Å². The van der Waals surface area contributed by atoms with Gasteiger partial charge in [0.2, 0.25) is 0 Å². The Morgan fingerprint density at radius 3 is 2.84 bits per heavy atom. The summed E-state index contributed by atoms with van der Waals surface area (Å²) in [6.07, 6.45) is 1.53. The zero-order valence-corrected chi connectivity index (χ0v) is 11.4. The van der Waals surface area contributed by atoms with Crippen LogP contribution in [0.25, 0.3) is 10.9 Å². The second kappa shape index (κ2) is 4.81. The first-order valence-corrected chi connectivity index (χ1v) is 8.18. The van der Waals surface area contributed by atoms with Gasteiger partial charge in [0.25, 0.3) is 0 Å². The van der Waals surface area contributed by atoms with Crippen molar-refractivity contribution in [1.82, 2.24) is 4.98 Å². The number of rotatable bonds is 3. The number of benzene rings is 1. The van der Waals surface area contributed by atoms with Gasteiger partial charge in [-0.1, -0.05) is 18.2 Å². The van der Waals surface area contributed by atoms with E-state index < -0.39 is 9.84 Å². The Hall–Kier alpha value is -1.62. The number of hydrogen-bond donors (Lipinski definition) is 1. The monoisotopic (exact) mass is 276 g/mol. The van der Waals surface area contributed by atoms with Crippen LogP contribution in [0, 0.1) is 0 Å². The normalized spacial score (nSPS) is 21.6. The van der Waals surface area contributed by atoms with Gasteiger partial charge in [0.1, 0.15) is 5.82 Å². The van der Waals surface area contributed by atoms with Gasteiger partial charge in [-0.15, -0.1) is 0 Å². The summed E-state index contributed by atoms with van der Waals surface area (Å²) >= 11 is 0. The average Bonchev–Trinajstić information content (AvgIpc) is 2.75. The van der Waals surface area contributed by atoms with Crippen molar-refractivity contribution in [3.05, 3.63) is 36.4 Å². The minimum absolute atomic E-state index is 0.263. The number of para-hydroxylation sites is 1. The third-order valence-electron chi connectivity index (χ3n) is 3.57. The van der Waals surface area contributed by atoms with E-state index in [-0.39, 0.29) is 5.25 Å². The molecule has 1 atom stereocenters. The molecule has 1 aromatic heterocycles. The van der Waals surface area contributed by atoms with Crippen molar-refractivity contribution in [3.8, 4) is 0 Å². The fourth-order valence-electron chi connectivity index (χ4n) is 2.47. The van der Waals surface area contributed by atoms with Crippen LogP contribution in [0.1, 0.15) is 12.8 Å². The maximum absolute atomic E-state index is 11.7. The van der Waals surface area contributed by atoms with Gasteiger partial charge in [0.05, 0.1) is 16.5 Å². The van der Waals surface area contributed by atoms with Crippen LogP contribution in [-0.2, 0) is 9.84 Å². The van der Waals surface area contributed by atoms with Crippen LogP contribution in [0.4, 0.5) is 5.82 Å². The highest BCUT2D eigenvalue weighted by Gasteiger charge is 2.30. The molecule has 1 aromatic carbocycles. The van der Waals surface area contributed by atoms with Crippen molar-refractivity contribution >= 4 is 26.6 Å². The minimum atomic E-state index is -2.89. The first-order valence-electron chi connectivity index (χ1n) is 6.46. The van der Waals surface area contributed by atoms with E-state index >= 15 is 0 Å². The maximum Gasteiger partial charge on any atom is 0.154 e. The standard InChI is InChI=1S/C14H16N2O2S/c17-19(18)9-3-5-12(19)10-15-14-8-7-11-4-1-2-6-13(11)16-14/h1-2,4,6-8,12H,3,5,9-10H2,(H,15,16). The van der Waals surface area contributed by atoms with Crippen LogP contribution in [0.15, 0.2) is 36.4 Å². The van der Waals surface area contributed by atoms with Gasteiger partial charge in [-0.2, -0.15) is 0 Å². The predicted molar refractivity (Wildman–Crippen MR) is 77.0 cm³/mol. The molecule has 0 aliphatic carbocycles. The molecule has 1 N–H and O–H groups in total. The number of hydrogen-bond acceptors (Lipinski definition) is 4. The highest BCUT2D eigenvalue weighted by Crippen LogP contribution is 2.21. The quantitative estimate of drug-likeness (QED) is 0.934. The number of nitrogens with zero attached hydrogens (tertiary/aromatic N) is 1. The molecule has 0 spiro atoms. The molecule has 1 unspecified atom stereocenters. The summed E-state index contributed by atoms with van der Waals surface area (Å²) < 4.78 is 23.5. The first-order chi connectivity index (χ1) is 9.15. The van der Waals surface area contributed by atoms with E-state index in [9.17, 15) is 8.42 Å². The molecule has 1 fully saturated rings. The lowest BCUT2D eigenvalue weighted by atomic mass is 10.2. The van der Waals surface area contributed by atoms with Crippen LogP contribution in [0.5, 0.6) is 0 Å². The smallest absolute Gasteiger partial charge is 0.154 e. The average molecular weight is 276 g/mol. The van der Waals surface area contributed by atoms with Crippen molar-refractivity contribution in [2.24, 2.45) is 0 Å². The lowest BCUT2D eigenvalue weighted by Gasteiger charge is -2.11. The predicted octanol–water partition coefficient (Wildman–Crippen LogP) is 2.22. The Balaban J connectivity index is 1.75. The van der Waals surface area contributed by atoms with E-state index in [2.05, 4.69) is 10.3 Å². The number of aromatic nitrogens is 1. The maximum atomic E-state index is 11.7. The SMILES string of the molecule is O=S1(=O)CCCC1CNc1ccc2ccccc2n1. The van der Waals surface area contributed by atoms with E-state index in [0.29, 0.717) is 12.3 Å². The molecule has 0 saturated carbocycles. The first kappa shape index (κ1) is 12.4. The van der Waals surface area contributed by atoms with Crippen molar-refractivity contribution in [2.75, 3.05) is 17.6 Å². The lowest BCUT2D eigenvalue weighted by Crippen LogP contribution is -2.25. The highest BCUT2D eigenvalue weighted by molar-refractivity contribution is 7.92. The molecule has 0 radical (unpaired) electrons. The summed E-state index contributed by atoms with van der Waals surface area (Å²) in [4.78, 5) is 4.48. The lowest BCUT2D eigenvalue weighted by molar-refractivity contribution is 0.591. The molecule has 5 heteroatoms. The van der Waals surface area contributed by atoms with Crippen LogP contribution in [0.2, 0.25) is 0 Å². The van der Waals surface area contributed by atoms with Gasteiger partial charge in [-0.3, -0.25) is 0 Å². The fourth-order valence-corrected chi connectivity index (χ4v) is 4.24. The van der Waals surface area contributed by atoms with Crippen molar-refractivity contribution in [2.45, 2.75) is 18.1 Å². The molecular weight excluding hydrogens is 260 g/mol. The van der Waals surface area contributed by atoms with Crippen LogP contribution in [0.3, 0.4) is 0 Å². The molecule has 1 aliphatic heterocycles. The van der Waals surface area contributed by atoms with Gasteiger partial charge in [-0.05, 0) is 31.0 Å². The largest absolute Gasteiger partial charge is 0.369 e. The molecule has 1 saturated heterocycles. The molecule has 2 heterocycles. The molecule has 3 rings (SSSR count). The van der Waals surface area contributed by atoms with E-state index in [1.165, 1.54) is 0 Å². The third kappa shape index (κ3) is 2.56. The summed E-state index contributed by atoms with van der Waals surface area (Å²) in [5.74, 6) is 1.06. The Labute approximate surface area is 112 Å². The Morgan fingerprint density at radius 2 is 2.05 bits per heavy atom. The van der Waals surface area contributed by atoms with Gasteiger partial charge in [0.15, 0.2) is 9.84 Å². The van der Waals surface area contributed by atoms with E-state index in [4.69, 9.17) is 0 Å². The highest BCUT2D eigenvalue weighted by atomic mass is 32.2. The van der Waals surface area contributed by atoms with Crippen LogP contribution in [-0.4, -0.2) is 30.9 Å². The number of anilines is 1. The number of fused-ring (bicyclic) bond motifs is 1. The number of pyridine rings is 1. The molecule has 4 nitrogen and oxygen atoms in total. The second-order valence-electron chi connectivity index (χ2n) is 4.90. The Kier molecular flexibility index (Phi) is 3.14. The number of sulfone groups is 1. The minimum Gasteiger partial charge on any atom is -0.369 e. The molecular formula is C14H16N2O2S. The fraction of sp³-hybridized carbons (Fsp3) is 0.357. The van der Waals surface area contributed by atoms with Gasteiger partial charge in [-0.25, -0.2) is 13.4 Å². The van der Waals surface area contributed by atoms with Gasteiger partial charge >= 0.3 is 0 Å². The zero-order chi connectivity index (χ0) is 13.3. The van der Waals surface area contributed by atoms with Crippen LogP contribution < -0.4 is 5.32 Å². The second-order valence-corrected chi connectivity index (χ2v) is 7.30. The van der Waals surface area contributed by atoms with E-state index in [1.807, 2.05) is 36.4 Å². The summed E-state index contributed by atoms with van der Waals surface area (Å²) in [7, 11) is -2.89.